The van der Waals surface area contributed by atoms with Gasteiger partial charge in [0.15, 0.2) is 0 Å². The van der Waals surface area contributed by atoms with Crippen molar-refractivity contribution in [2.24, 2.45) is 5.73 Å². The van der Waals surface area contributed by atoms with E-state index in [1.54, 1.807) is 6.07 Å². The zero-order chi connectivity index (χ0) is 15.1. The minimum absolute atomic E-state index is 0.158. The summed E-state index contributed by atoms with van der Waals surface area (Å²) in [5.41, 5.74) is 7.53. The Morgan fingerprint density at radius 2 is 1.67 bits per heavy atom. The highest BCUT2D eigenvalue weighted by Crippen LogP contribution is 2.39. The average Bonchev–Trinajstić information content (AvgIpc) is 2.84. The molecule has 0 aliphatic carbocycles. The van der Waals surface area contributed by atoms with Gasteiger partial charge in [-0.2, -0.15) is 0 Å². The van der Waals surface area contributed by atoms with Gasteiger partial charge < -0.3 is 10.5 Å². The second-order valence-electron chi connectivity index (χ2n) is 4.84. The average molecular weight is 419 g/mol. The van der Waals surface area contributed by atoms with Gasteiger partial charge in [0.1, 0.15) is 17.4 Å². The van der Waals surface area contributed by atoms with Crippen molar-refractivity contribution >= 4 is 31.9 Å². The molecule has 3 rings (SSSR count). The molecule has 1 unspecified atom stereocenters. The van der Waals surface area contributed by atoms with Crippen molar-refractivity contribution in [2.45, 2.75) is 12.5 Å². The molecule has 0 saturated heterocycles. The summed E-state index contributed by atoms with van der Waals surface area (Å²) in [6.45, 7) is 0.552. The third-order valence-electron chi connectivity index (χ3n) is 3.47. The molecule has 21 heavy (non-hydrogen) atoms. The number of hydrogen-bond acceptors (Lipinski definition) is 2. The number of rotatable bonds is 2. The number of hydrogen-bond donors (Lipinski definition) is 1. The molecular formula is C15H11Br2F2NO. The lowest BCUT2D eigenvalue weighted by Gasteiger charge is -2.18. The van der Waals surface area contributed by atoms with Gasteiger partial charge in [0, 0.05) is 26.5 Å². The van der Waals surface area contributed by atoms with Crippen LogP contribution in [0.25, 0.3) is 0 Å². The van der Waals surface area contributed by atoms with Crippen LogP contribution < -0.4 is 10.5 Å². The topological polar surface area (TPSA) is 35.2 Å². The summed E-state index contributed by atoms with van der Waals surface area (Å²) in [6, 6.07) is 5.17. The molecule has 0 saturated carbocycles. The summed E-state index contributed by atoms with van der Waals surface area (Å²) in [6.07, 6.45) is 0.764. The predicted molar refractivity (Wildman–Crippen MR) is 83.4 cm³/mol. The van der Waals surface area contributed by atoms with Gasteiger partial charge in [0.2, 0.25) is 0 Å². The number of benzene rings is 2. The van der Waals surface area contributed by atoms with Gasteiger partial charge in [0.05, 0.1) is 12.6 Å². The standard InChI is InChI=1S/C15H11Br2F2NO/c16-8-3-7-1-2-21-15(7)10(4-8)14(20)13-11(18)5-9(17)6-12(13)19/h3-6,14H,1-2,20H2. The van der Waals surface area contributed by atoms with E-state index in [1.165, 1.54) is 12.1 Å². The van der Waals surface area contributed by atoms with Crippen molar-refractivity contribution in [2.75, 3.05) is 6.61 Å². The molecule has 1 aliphatic rings. The molecule has 2 aromatic rings. The fraction of sp³-hybridized carbons (Fsp3) is 0.200. The van der Waals surface area contributed by atoms with Crippen LogP contribution in [0.5, 0.6) is 5.75 Å². The van der Waals surface area contributed by atoms with Crippen molar-refractivity contribution in [3.05, 3.63) is 61.5 Å². The lowest BCUT2D eigenvalue weighted by Crippen LogP contribution is -2.16. The Morgan fingerprint density at radius 3 is 2.33 bits per heavy atom. The van der Waals surface area contributed by atoms with E-state index in [0.717, 1.165) is 16.5 Å². The molecule has 2 aromatic carbocycles. The van der Waals surface area contributed by atoms with Crippen molar-refractivity contribution in [1.29, 1.82) is 0 Å². The first-order chi connectivity index (χ1) is 9.97. The molecule has 1 atom stereocenters. The fourth-order valence-corrected chi connectivity index (χ4v) is 3.46. The van der Waals surface area contributed by atoms with E-state index < -0.39 is 17.7 Å². The van der Waals surface area contributed by atoms with Crippen LogP contribution in [0.15, 0.2) is 33.2 Å². The van der Waals surface area contributed by atoms with Gasteiger partial charge in [0.25, 0.3) is 0 Å². The zero-order valence-electron chi connectivity index (χ0n) is 10.8. The second kappa shape index (κ2) is 5.66. The molecule has 0 fully saturated rings. The molecule has 0 amide bonds. The highest BCUT2D eigenvalue weighted by molar-refractivity contribution is 9.10. The first-order valence-electron chi connectivity index (χ1n) is 6.32. The molecule has 0 spiro atoms. The minimum Gasteiger partial charge on any atom is -0.493 e. The molecule has 1 aliphatic heterocycles. The van der Waals surface area contributed by atoms with Gasteiger partial charge in [-0.3, -0.25) is 0 Å². The fourth-order valence-electron chi connectivity index (χ4n) is 2.53. The van der Waals surface area contributed by atoms with E-state index in [4.69, 9.17) is 10.5 Å². The molecule has 0 radical (unpaired) electrons. The van der Waals surface area contributed by atoms with E-state index in [2.05, 4.69) is 31.9 Å². The Balaban J connectivity index is 2.14. The van der Waals surface area contributed by atoms with Crippen LogP contribution in [0.1, 0.15) is 22.7 Å². The van der Waals surface area contributed by atoms with E-state index in [9.17, 15) is 8.78 Å². The van der Waals surface area contributed by atoms with Crippen LogP contribution >= 0.6 is 31.9 Å². The zero-order valence-corrected chi connectivity index (χ0v) is 14.0. The maximum atomic E-state index is 14.1. The van der Waals surface area contributed by atoms with Crippen molar-refractivity contribution in [3.63, 3.8) is 0 Å². The lowest BCUT2D eigenvalue weighted by molar-refractivity contribution is 0.352. The predicted octanol–water partition coefficient (Wildman–Crippen LogP) is 4.47. The van der Waals surface area contributed by atoms with Crippen molar-refractivity contribution < 1.29 is 13.5 Å². The monoisotopic (exact) mass is 417 g/mol. The Bertz CT molecular complexity index is 698. The summed E-state index contributed by atoms with van der Waals surface area (Å²) in [4.78, 5) is 0. The molecule has 110 valence electrons. The molecule has 2 nitrogen and oxygen atoms in total. The van der Waals surface area contributed by atoms with Gasteiger partial charge in [-0.15, -0.1) is 0 Å². The highest BCUT2D eigenvalue weighted by Gasteiger charge is 2.26. The van der Waals surface area contributed by atoms with Crippen molar-refractivity contribution in [3.8, 4) is 5.75 Å². The van der Waals surface area contributed by atoms with Gasteiger partial charge in [-0.1, -0.05) is 31.9 Å². The van der Waals surface area contributed by atoms with Gasteiger partial charge in [-0.05, 0) is 29.8 Å². The Hall–Kier alpha value is -0.980. The largest absolute Gasteiger partial charge is 0.493 e. The molecular weight excluding hydrogens is 408 g/mol. The van der Waals surface area contributed by atoms with E-state index >= 15 is 0 Å². The maximum Gasteiger partial charge on any atom is 0.132 e. The smallest absolute Gasteiger partial charge is 0.132 e. The molecule has 0 bridgehead atoms. The third kappa shape index (κ3) is 2.72. The summed E-state index contributed by atoms with van der Waals surface area (Å²) < 4.78 is 34.9. The second-order valence-corrected chi connectivity index (χ2v) is 6.67. The SMILES string of the molecule is NC(c1cc(Br)cc2c1OCC2)c1c(F)cc(Br)cc1F. The minimum atomic E-state index is -0.928. The first-order valence-corrected chi connectivity index (χ1v) is 7.91. The Morgan fingerprint density at radius 1 is 1.05 bits per heavy atom. The van der Waals surface area contributed by atoms with Crippen molar-refractivity contribution in [1.82, 2.24) is 0 Å². The number of fused-ring (bicyclic) bond motifs is 1. The van der Waals surface area contributed by atoms with E-state index in [1.807, 2.05) is 6.07 Å². The van der Waals surface area contributed by atoms with Gasteiger partial charge >= 0.3 is 0 Å². The first kappa shape index (κ1) is 14.9. The third-order valence-corrected chi connectivity index (χ3v) is 4.38. The van der Waals surface area contributed by atoms with Crippen LogP contribution in [0, 0.1) is 11.6 Å². The molecule has 0 aromatic heterocycles. The number of nitrogens with two attached hydrogens (primary N) is 1. The molecule has 6 heteroatoms. The normalized spacial score (nSPS) is 14.7. The van der Waals surface area contributed by atoms with Crippen LogP contribution in [0.2, 0.25) is 0 Å². The molecule has 1 heterocycles. The highest BCUT2D eigenvalue weighted by atomic mass is 79.9. The van der Waals surface area contributed by atoms with E-state index in [0.29, 0.717) is 22.4 Å². The Labute approximate surface area is 137 Å². The van der Waals surface area contributed by atoms with Crippen LogP contribution in [0.3, 0.4) is 0 Å². The van der Waals surface area contributed by atoms with Gasteiger partial charge in [-0.25, -0.2) is 8.78 Å². The number of halogens is 4. The van der Waals surface area contributed by atoms with E-state index in [-0.39, 0.29) is 5.56 Å². The van der Waals surface area contributed by atoms with Crippen LogP contribution in [0.4, 0.5) is 8.78 Å². The maximum absolute atomic E-state index is 14.1. The lowest BCUT2D eigenvalue weighted by atomic mass is 9.96. The number of ether oxygens (including phenoxy) is 1. The summed E-state index contributed by atoms with van der Waals surface area (Å²) in [7, 11) is 0. The Kier molecular flexibility index (Phi) is 4.03. The molecule has 2 N–H and O–H groups in total. The summed E-state index contributed by atoms with van der Waals surface area (Å²) >= 11 is 6.46. The van der Waals surface area contributed by atoms with Crippen LogP contribution in [-0.2, 0) is 6.42 Å². The van der Waals surface area contributed by atoms with Crippen LogP contribution in [-0.4, -0.2) is 6.61 Å². The summed E-state index contributed by atoms with van der Waals surface area (Å²) in [5.74, 6) is -0.727. The summed E-state index contributed by atoms with van der Waals surface area (Å²) in [5, 5.41) is 0. The quantitative estimate of drug-likeness (QED) is 0.780.